The van der Waals surface area contributed by atoms with Gasteiger partial charge in [0.25, 0.3) is 5.91 Å². The minimum atomic E-state index is -0.0439. The fourth-order valence-corrected chi connectivity index (χ4v) is 2.45. The van der Waals surface area contributed by atoms with Crippen LogP contribution in [0.4, 0.5) is 0 Å². The summed E-state index contributed by atoms with van der Waals surface area (Å²) >= 11 is 0. The number of nitrogens with one attached hydrogen (secondary N) is 3. The molecule has 0 heterocycles. The molecule has 25 heavy (non-hydrogen) atoms. The van der Waals surface area contributed by atoms with Gasteiger partial charge in [0.1, 0.15) is 0 Å². The first-order valence-electron chi connectivity index (χ1n) is 8.49. The summed E-state index contributed by atoms with van der Waals surface area (Å²) in [5, 5.41) is 9.38. The monoisotopic (exact) mass is 338 g/mol. The van der Waals surface area contributed by atoms with E-state index in [9.17, 15) is 4.79 Å². The van der Waals surface area contributed by atoms with Crippen molar-refractivity contribution in [2.45, 2.75) is 26.9 Å². The number of hydrogen-bond donors (Lipinski definition) is 3. The summed E-state index contributed by atoms with van der Waals surface area (Å²) in [6, 6.07) is 16.0. The van der Waals surface area contributed by atoms with Gasteiger partial charge in [-0.15, -0.1) is 0 Å². The number of nitrogens with zero attached hydrogens (tertiary/aromatic N) is 1. The van der Waals surface area contributed by atoms with Crippen molar-refractivity contribution in [2.75, 3.05) is 13.6 Å². The largest absolute Gasteiger partial charge is 0.352 e. The van der Waals surface area contributed by atoms with Gasteiger partial charge in [0.05, 0.1) is 0 Å². The van der Waals surface area contributed by atoms with Crippen LogP contribution in [-0.4, -0.2) is 25.5 Å². The van der Waals surface area contributed by atoms with Crippen LogP contribution < -0.4 is 16.0 Å². The van der Waals surface area contributed by atoms with Crippen molar-refractivity contribution in [3.63, 3.8) is 0 Å². The van der Waals surface area contributed by atoms with Gasteiger partial charge in [-0.1, -0.05) is 42.0 Å². The fourth-order valence-electron chi connectivity index (χ4n) is 2.45. The van der Waals surface area contributed by atoms with E-state index in [-0.39, 0.29) is 5.91 Å². The van der Waals surface area contributed by atoms with E-state index in [4.69, 9.17) is 0 Å². The zero-order chi connectivity index (χ0) is 18.1. The Morgan fingerprint density at radius 1 is 0.960 bits per heavy atom. The first kappa shape index (κ1) is 18.5. The van der Waals surface area contributed by atoms with Crippen molar-refractivity contribution in [3.8, 4) is 0 Å². The molecular formula is C20H26N4O. The van der Waals surface area contributed by atoms with E-state index in [1.54, 1.807) is 7.05 Å². The molecule has 0 spiro atoms. The highest BCUT2D eigenvalue weighted by molar-refractivity contribution is 5.94. The molecule has 3 N–H and O–H groups in total. The highest BCUT2D eigenvalue weighted by Crippen LogP contribution is 2.05. The average Bonchev–Trinajstić information content (AvgIpc) is 2.62. The lowest BCUT2D eigenvalue weighted by atomic mass is 10.1. The lowest BCUT2D eigenvalue weighted by Crippen LogP contribution is -2.36. The molecule has 2 rings (SSSR count). The number of benzene rings is 2. The molecule has 0 saturated heterocycles. The van der Waals surface area contributed by atoms with E-state index < -0.39 is 0 Å². The summed E-state index contributed by atoms with van der Waals surface area (Å²) in [6.45, 7) is 5.98. The predicted molar refractivity (Wildman–Crippen MR) is 103 cm³/mol. The van der Waals surface area contributed by atoms with Gasteiger partial charge in [0, 0.05) is 32.2 Å². The highest BCUT2D eigenvalue weighted by Gasteiger charge is 2.04. The average molecular weight is 338 g/mol. The molecule has 1 amide bonds. The zero-order valence-electron chi connectivity index (χ0n) is 15.1. The first-order chi connectivity index (χ1) is 12.1. The minimum Gasteiger partial charge on any atom is -0.352 e. The van der Waals surface area contributed by atoms with Crippen molar-refractivity contribution in [3.05, 3.63) is 70.8 Å². The summed E-state index contributed by atoms with van der Waals surface area (Å²) in [4.78, 5) is 16.0. The third kappa shape index (κ3) is 5.95. The minimum absolute atomic E-state index is 0.0439. The molecule has 0 fully saturated rings. The Morgan fingerprint density at radius 3 is 2.24 bits per heavy atom. The number of carbonyl (C=O) groups is 1. The second-order valence-corrected chi connectivity index (χ2v) is 5.82. The van der Waals surface area contributed by atoms with Crippen molar-refractivity contribution < 1.29 is 4.79 Å². The Bertz CT molecular complexity index is 723. The van der Waals surface area contributed by atoms with E-state index in [2.05, 4.69) is 52.1 Å². The van der Waals surface area contributed by atoms with E-state index in [0.29, 0.717) is 18.7 Å². The van der Waals surface area contributed by atoms with Crippen molar-refractivity contribution in [1.29, 1.82) is 0 Å². The third-order valence-electron chi connectivity index (χ3n) is 3.78. The van der Waals surface area contributed by atoms with Gasteiger partial charge < -0.3 is 16.0 Å². The molecule has 0 bridgehead atoms. The van der Waals surface area contributed by atoms with Gasteiger partial charge in [-0.3, -0.25) is 9.79 Å². The van der Waals surface area contributed by atoms with Crippen molar-refractivity contribution >= 4 is 11.9 Å². The van der Waals surface area contributed by atoms with Crippen LogP contribution in [0.2, 0.25) is 0 Å². The molecular weight excluding hydrogens is 312 g/mol. The van der Waals surface area contributed by atoms with E-state index >= 15 is 0 Å². The molecule has 132 valence electrons. The highest BCUT2D eigenvalue weighted by atomic mass is 16.1. The number of guanidine groups is 1. The van der Waals surface area contributed by atoms with Crippen LogP contribution in [0.5, 0.6) is 0 Å². The summed E-state index contributed by atoms with van der Waals surface area (Å²) in [6.07, 6.45) is 0. The molecule has 2 aromatic rings. The molecule has 0 atom stereocenters. The van der Waals surface area contributed by atoms with Crippen LogP contribution in [0.3, 0.4) is 0 Å². The second-order valence-electron chi connectivity index (χ2n) is 5.82. The van der Waals surface area contributed by atoms with Crippen LogP contribution in [0.15, 0.2) is 53.5 Å². The van der Waals surface area contributed by atoms with Crippen molar-refractivity contribution in [1.82, 2.24) is 16.0 Å². The molecule has 0 unspecified atom stereocenters. The molecule has 0 aliphatic heterocycles. The SMILES string of the molecule is CCNC(=O)c1ccc(CNC(=NC)NCc2cccc(C)c2)cc1. The van der Waals surface area contributed by atoms with Crippen LogP contribution in [-0.2, 0) is 13.1 Å². The Balaban J connectivity index is 1.85. The summed E-state index contributed by atoms with van der Waals surface area (Å²) in [5.74, 6) is 0.701. The third-order valence-corrected chi connectivity index (χ3v) is 3.78. The Morgan fingerprint density at radius 2 is 1.64 bits per heavy atom. The number of aliphatic imine (C=N–C) groups is 1. The molecule has 5 heteroatoms. The number of rotatable bonds is 6. The molecule has 0 saturated carbocycles. The van der Waals surface area contributed by atoms with Gasteiger partial charge in [-0.05, 0) is 37.1 Å². The van der Waals surface area contributed by atoms with Gasteiger partial charge in [-0.25, -0.2) is 0 Å². The number of amides is 1. The second kappa shape index (κ2) is 9.47. The summed E-state index contributed by atoms with van der Waals surface area (Å²) in [7, 11) is 1.75. The molecule has 5 nitrogen and oxygen atoms in total. The topological polar surface area (TPSA) is 65.5 Å². The normalized spacial score (nSPS) is 11.1. The predicted octanol–water partition coefficient (Wildman–Crippen LogP) is 2.61. The Hall–Kier alpha value is -2.82. The van der Waals surface area contributed by atoms with E-state index in [1.165, 1.54) is 11.1 Å². The standard InChI is InChI=1S/C20H26N4O/c1-4-22-19(25)18-10-8-16(9-11-18)13-23-20(21-3)24-14-17-7-5-6-15(2)12-17/h5-12H,4,13-14H2,1-3H3,(H,22,25)(H2,21,23,24). The quantitative estimate of drug-likeness (QED) is 0.560. The van der Waals surface area contributed by atoms with Crippen LogP contribution in [0.25, 0.3) is 0 Å². The molecule has 2 aromatic carbocycles. The lowest BCUT2D eigenvalue weighted by molar-refractivity contribution is 0.0956. The molecule has 0 aliphatic carbocycles. The van der Waals surface area contributed by atoms with Crippen molar-refractivity contribution in [2.24, 2.45) is 4.99 Å². The first-order valence-corrected chi connectivity index (χ1v) is 8.49. The fraction of sp³-hybridized carbons (Fsp3) is 0.300. The van der Waals surface area contributed by atoms with Gasteiger partial charge in [0.15, 0.2) is 5.96 Å². The van der Waals surface area contributed by atoms with Crippen LogP contribution >= 0.6 is 0 Å². The Kier molecular flexibility index (Phi) is 7.01. The summed E-state index contributed by atoms with van der Waals surface area (Å²) in [5.41, 5.74) is 4.22. The maximum Gasteiger partial charge on any atom is 0.251 e. The van der Waals surface area contributed by atoms with Gasteiger partial charge in [-0.2, -0.15) is 0 Å². The molecule has 0 aromatic heterocycles. The van der Waals surface area contributed by atoms with Gasteiger partial charge >= 0.3 is 0 Å². The maximum atomic E-state index is 11.8. The smallest absolute Gasteiger partial charge is 0.251 e. The molecule has 0 radical (unpaired) electrons. The lowest BCUT2D eigenvalue weighted by Gasteiger charge is -2.12. The number of hydrogen-bond acceptors (Lipinski definition) is 2. The molecule has 0 aliphatic rings. The summed E-state index contributed by atoms with van der Waals surface area (Å²) < 4.78 is 0. The van der Waals surface area contributed by atoms with Gasteiger partial charge in [0.2, 0.25) is 0 Å². The zero-order valence-corrected chi connectivity index (χ0v) is 15.1. The Labute approximate surface area is 149 Å². The van der Waals surface area contributed by atoms with Crippen LogP contribution in [0.1, 0.15) is 34.0 Å². The van der Waals surface area contributed by atoms with Crippen LogP contribution in [0, 0.1) is 6.92 Å². The van der Waals surface area contributed by atoms with E-state index in [1.807, 2.05) is 31.2 Å². The number of carbonyl (C=O) groups excluding carboxylic acids is 1. The van der Waals surface area contributed by atoms with E-state index in [0.717, 1.165) is 18.1 Å². The number of aryl methyl sites for hydroxylation is 1. The maximum absolute atomic E-state index is 11.8.